The summed E-state index contributed by atoms with van der Waals surface area (Å²) in [5, 5.41) is 2.29. The molecule has 0 aromatic carbocycles. The van der Waals surface area contributed by atoms with Gasteiger partial charge in [0.2, 0.25) is 11.8 Å². The second-order valence-corrected chi connectivity index (χ2v) is 6.33. The number of amides is 3. The van der Waals surface area contributed by atoms with Gasteiger partial charge >= 0.3 is 0 Å². The van der Waals surface area contributed by atoms with Gasteiger partial charge in [0, 0.05) is 5.92 Å². The van der Waals surface area contributed by atoms with E-state index in [4.69, 9.17) is 5.73 Å². The van der Waals surface area contributed by atoms with Gasteiger partial charge in [-0.05, 0) is 45.6 Å². The van der Waals surface area contributed by atoms with Crippen molar-refractivity contribution in [1.29, 1.82) is 0 Å². The smallest absolute Gasteiger partial charge is 0.252 e. The summed E-state index contributed by atoms with van der Waals surface area (Å²) in [4.78, 5) is 37.5. The van der Waals surface area contributed by atoms with Crippen LogP contribution in [0.15, 0.2) is 0 Å². The molecule has 2 rings (SSSR count). The maximum absolute atomic E-state index is 12.7. The SMILES string of the molecule is CC1(C)C(=O)NC(=O)CN1C(=O)C1CCCC(CN)C1. The van der Waals surface area contributed by atoms with Crippen LogP contribution in [-0.4, -0.2) is 41.2 Å². The molecule has 6 nitrogen and oxygen atoms in total. The molecule has 3 amide bonds. The first kappa shape index (κ1) is 15.0. The van der Waals surface area contributed by atoms with E-state index in [-0.39, 0.29) is 18.4 Å². The van der Waals surface area contributed by atoms with Crippen LogP contribution in [-0.2, 0) is 14.4 Å². The Bertz CT molecular complexity index is 433. The Balaban J connectivity index is 2.14. The third-order valence-electron chi connectivity index (χ3n) is 4.52. The third-order valence-corrected chi connectivity index (χ3v) is 4.52. The lowest BCUT2D eigenvalue weighted by Crippen LogP contribution is -2.66. The number of nitrogens with two attached hydrogens (primary N) is 1. The van der Waals surface area contributed by atoms with Gasteiger partial charge in [-0.3, -0.25) is 19.7 Å². The second-order valence-electron chi connectivity index (χ2n) is 6.33. The van der Waals surface area contributed by atoms with Crippen LogP contribution >= 0.6 is 0 Å². The fourth-order valence-corrected chi connectivity index (χ4v) is 3.09. The van der Waals surface area contributed by atoms with Crippen LogP contribution in [0, 0.1) is 11.8 Å². The van der Waals surface area contributed by atoms with E-state index in [1.54, 1.807) is 13.8 Å². The summed E-state index contributed by atoms with van der Waals surface area (Å²) < 4.78 is 0. The van der Waals surface area contributed by atoms with Gasteiger partial charge in [0.1, 0.15) is 12.1 Å². The lowest BCUT2D eigenvalue weighted by atomic mass is 9.80. The van der Waals surface area contributed by atoms with E-state index in [9.17, 15) is 14.4 Å². The molecule has 1 saturated carbocycles. The minimum Gasteiger partial charge on any atom is -0.330 e. The van der Waals surface area contributed by atoms with Crippen molar-refractivity contribution < 1.29 is 14.4 Å². The van der Waals surface area contributed by atoms with Crippen LogP contribution in [0.1, 0.15) is 39.5 Å². The molecule has 2 fully saturated rings. The first-order chi connectivity index (χ1) is 9.36. The highest BCUT2D eigenvalue weighted by Gasteiger charge is 2.45. The van der Waals surface area contributed by atoms with E-state index in [1.165, 1.54) is 4.90 Å². The molecule has 0 bridgehead atoms. The summed E-state index contributed by atoms with van der Waals surface area (Å²) >= 11 is 0. The lowest BCUT2D eigenvalue weighted by Gasteiger charge is -2.42. The number of piperazine rings is 1. The third kappa shape index (κ3) is 2.70. The molecule has 3 N–H and O–H groups in total. The maximum Gasteiger partial charge on any atom is 0.252 e. The molecule has 0 aromatic heterocycles. The molecule has 2 unspecified atom stereocenters. The zero-order valence-electron chi connectivity index (χ0n) is 12.1. The number of imide groups is 1. The van der Waals surface area contributed by atoms with Gasteiger partial charge in [-0.15, -0.1) is 0 Å². The van der Waals surface area contributed by atoms with Crippen LogP contribution in [0.5, 0.6) is 0 Å². The minimum atomic E-state index is -0.972. The Hall–Kier alpha value is -1.43. The molecular formula is C14H23N3O3. The molecular weight excluding hydrogens is 258 g/mol. The van der Waals surface area contributed by atoms with E-state index < -0.39 is 17.4 Å². The van der Waals surface area contributed by atoms with Gasteiger partial charge in [0.15, 0.2) is 0 Å². The highest BCUT2D eigenvalue weighted by molar-refractivity contribution is 6.06. The lowest BCUT2D eigenvalue weighted by molar-refractivity contribution is -0.158. The zero-order chi connectivity index (χ0) is 14.9. The van der Waals surface area contributed by atoms with Crippen molar-refractivity contribution in [3.05, 3.63) is 0 Å². The van der Waals surface area contributed by atoms with Gasteiger partial charge in [-0.2, -0.15) is 0 Å². The Kier molecular flexibility index (Phi) is 4.13. The summed E-state index contributed by atoms with van der Waals surface area (Å²) in [6.45, 7) is 3.90. The van der Waals surface area contributed by atoms with Crippen LogP contribution in [0.4, 0.5) is 0 Å². The number of carbonyl (C=O) groups is 3. The fraction of sp³-hybridized carbons (Fsp3) is 0.786. The average molecular weight is 281 g/mol. The van der Waals surface area contributed by atoms with Gasteiger partial charge in [0.05, 0.1) is 0 Å². The van der Waals surface area contributed by atoms with E-state index >= 15 is 0 Å². The highest BCUT2D eigenvalue weighted by Crippen LogP contribution is 2.32. The van der Waals surface area contributed by atoms with Crippen molar-refractivity contribution in [2.75, 3.05) is 13.1 Å². The average Bonchev–Trinajstić information content (AvgIpc) is 2.42. The Morgan fingerprint density at radius 1 is 1.40 bits per heavy atom. The molecule has 0 spiro atoms. The number of nitrogens with one attached hydrogen (secondary N) is 1. The molecule has 0 aromatic rings. The van der Waals surface area contributed by atoms with Crippen molar-refractivity contribution in [2.45, 2.75) is 45.1 Å². The Morgan fingerprint density at radius 2 is 2.10 bits per heavy atom. The number of rotatable bonds is 2. The van der Waals surface area contributed by atoms with Crippen LogP contribution in [0.3, 0.4) is 0 Å². The second kappa shape index (κ2) is 5.52. The van der Waals surface area contributed by atoms with Crippen LogP contribution in [0.25, 0.3) is 0 Å². The van der Waals surface area contributed by atoms with Crippen molar-refractivity contribution in [3.63, 3.8) is 0 Å². The molecule has 0 radical (unpaired) electrons. The molecule has 1 heterocycles. The first-order valence-electron chi connectivity index (χ1n) is 7.22. The monoisotopic (exact) mass is 281 g/mol. The fourth-order valence-electron chi connectivity index (χ4n) is 3.09. The van der Waals surface area contributed by atoms with Crippen LogP contribution < -0.4 is 11.1 Å². The molecule has 2 atom stereocenters. The van der Waals surface area contributed by atoms with Gasteiger partial charge in [0.25, 0.3) is 5.91 Å². The number of carbonyl (C=O) groups excluding carboxylic acids is 3. The van der Waals surface area contributed by atoms with E-state index in [1.807, 2.05) is 0 Å². The molecule has 2 aliphatic rings. The quantitative estimate of drug-likeness (QED) is 0.698. The molecule has 112 valence electrons. The molecule has 1 aliphatic heterocycles. The zero-order valence-corrected chi connectivity index (χ0v) is 12.1. The standard InChI is InChI=1S/C14H23N3O3/c1-14(2)13(20)16-11(18)8-17(14)12(19)10-5-3-4-9(6-10)7-15/h9-10H,3-8,15H2,1-2H3,(H,16,18,20). The van der Waals surface area contributed by atoms with E-state index in [2.05, 4.69) is 5.32 Å². The Labute approximate surface area is 119 Å². The Morgan fingerprint density at radius 3 is 2.75 bits per heavy atom. The summed E-state index contributed by atoms with van der Waals surface area (Å²) in [5.74, 6) is -0.649. The predicted molar refractivity (Wildman–Crippen MR) is 73.4 cm³/mol. The summed E-state index contributed by atoms with van der Waals surface area (Å²) in [6.07, 6.45) is 3.62. The predicted octanol–water partition coefficient (Wildman–Crippen LogP) is 0.0151. The van der Waals surface area contributed by atoms with Gasteiger partial charge in [-0.1, -0.05) is 6.42 Å². The topological polar surface area (TPSA) is 92.5 Å². The van der Waals surface area contributed by atoms with Crippen molar-refractivity contribution in [1.82, 2.24) is 10.2 Å². The van der Waals surface area contributed by atoms with E-state index in [0.29, 0.717) is 12.5 Å². The number of hydrogen-bond donors (Lipinski definition) is 2. The first-order valence-corrected chi connectivity index (χ1v) is 7.22. The normalized spacial score (nSPS) is 30.1. The van der Waals surface area contributed by atoms with Gasteiger partial charge < -0.3 is 10.6 Å². The number of nitrogens with zero attached hydrogens (tertiary/aromatic N) is 1. The summed E-state index contributed by atoms with van der Waals surface area (Å²) in [7, 11) is 0. The number of hydrogen-bond acceptors (Lipinski definition) is 4. The van der Waals surface area contributed by atoms with Crippen molar-refractivity contribution in [2.24, 2.45) is 17.6 Å². The van der Waals surface area contributed by atoms with Gasteiger partial charge in [-0.25, -0.2) is 0 Å². The van der Waals surface area contributed by atoms with Crippen molar-refractivity contribution in [3.8, 4) is 0 Å². The minimum absolute atomic E-state index is 0.0403. The largest absolute Gasteiger partial charge is 0.330 e. The summed E-state index contributed by atoms with van der Waals surface area (Å²) in [5.41, 5.74) is 4.73. The highest BCUT2D eigenvalue weighted by atomic mass is 16.2. The van der Waals surface area contributed by atoms with Crippen LogP contribution in [0.2, 0.25) is 0 Å². The molecule has 6 heteroatoms. The molecule has 1 aliphatic carbocycles. The molecule has 20 heavy (non-hydrogen) atoms. The maximum atomic E-state index is 12.7. The van der Waals surface area contributed by atoms with E-state index in [0.717, 1.165) is 25.7 Å². The molecule has 1 saturated heterocycles. The van der Waals surface area contributed by atoms with Crippen molar-refractivity contribution >= 4 is 17.7 Å². The summed E-state index contributed by atoms with van der Waals surface area (Å²) in [6, 6.07) is 0.